The molecule has 1 saturated carbocycles. The standard InChI is InChI=1S/C17H19ClO4/c1-9(19)14-13(21)8-17(3,22)16(10(2)20)15(14)11-4-6-12(18)7-5-11/h4-7,14-16,22H,8H2,1-3H3/t14-,15+,16-,17+/m1/s1. The highest BCUT2D eigenvalue weighted by atomic mass is 35.5. The smallest absolute Gasteiger partial charge is 0.146 e. The number of hydrogen-bond acceptors (Lipinski definition) is 4. The zero-order valence-corrected chi connectivity index (χ0v) is 13.6. The van der Waals surface area contributed by atoms with E-state index in [2.05, 4.69) is 0 Å². The van der Waals surface area contributed by atoms with Crippen LogP contribution in [0.15, 0.2) is 24.3 Å². The number of carbonyl (C=O) groups is 3. The van der Waals surface area contributed by atoms with Crippen molar-refractivity contribution >= 4 is 29.0 Å². The summed E-state index contributed by atoms with van der Waals surface area (Å²) >= 11 is 5.88. The van der Waals surface area contributed by atoms with Crippen LogP contribution in [0.5, 0.6) is 0 Å². The Labute approximate surface area is 134 Å². The molecule has 0 unspecified atom stereocenters. The minimum atomic E-state index is -1.46. The Morgan fingerprint density at radius 1 is 1.18 bits per heavy atom. The molecule has 5 heteroatoms. The number of halogens is 1. The average Bonchev–Trinajstić information content (AvgIpc) is 2.36. The van der Waals surface area contributed by atoms with Crippen molar-refractivity contribution in [2.45, 2.75) is 38.7 Å². The first-order valence-electron chi connectivity index (χ1n) is 7.16. The molecular formula is C17H19ClO4. The van der Waals surface area contributed by atoms with E-state index in [1.54, 1.807) is 24.3 Å². The van der Waals surface area contributed by atoms with Gasteiger partial charge in [-0.3, -0.25) is 14.4 Å². The molecule has 1 aliphatic rings. The normalized spacial score (nSPS) is 31.9. The Morgan fingerprint density at radius 2 is 1.73 bits per heavy atom. The van der Waals surface area contributed by atoms with E-state index in [-0.39, 0.29) is 23.8 Å². The fourth-order valence-electron chi connectivity index (χ4n) is 3.59. The molecule has 0 spiro atoms. The molecule has 1 aromatic carbocycles. The van der Waals surface area contributed by atoms with Gasteiger partial charge in [-0.2, -0.15) is 0 Å². The van der Waals surface area contributed by atoms with Gasteiger partial charge in [0.2, 0.25) is 0 Å². The quantitative estimate of drug-likeness (QED) is 0.868. The molecule has 1 N–H and O–H groups in total. The fraction of sp³-hybridized carbons (Fsp3) is 0.471. The summed E-state index contributed by atoms with van der Waals surface area (Å²) in [5.41, 5.74) is -0.794. The van der Waals surface area contributed by atoms with Gasteiger partial charge in [0.15, 0.2) is 0 Å². The number of hydrogen-bond donors (Lipinski definition) is 1. The topological polar surface area (TPSA) is 71.4 Å². The summed E-state index contributed by atoms with van der Waals surface area (Å²) in [5.74, 6) is -3.22. The first kappa shape index (κ1) is 16.8. The third-order valence-corrected chi connectivity index (χ3v) is 4.65. The van der Waals surface area contributed by atoms with E-state index >= 15 is 0 Å². The summed E-state index contributed by atoms with van der Waals surface area (Å²) in [6.07, 6.45) is -0.189. The molecule has 0 saturated heterocycles. The van der Waals surface area contributed by atoms with Crippen molar-refractivity contribution in [3.63, 3.8) is 0 Å². The van der Waals surface area contributed by atoms with Gasteiger partial charge in [-0.05, 0) is 38.5 Å². The summed E-state index contributed by atoms with van der Waals surface area (Å²) in [7, 11) is 0. The van der Waals surface area contributed by atoms with Crippen LogP contribution in [0.1, 0.15) is 38.7 Å². The van der Waals surface area contributed by atoms with Crippen LogP contribution in [0.3, 0.4) is 0 Å². The average molecular weight is 323 g/mol. The van der Waals surface area contributed by atoms with E-state index in [9.17, 15) is 19.5 Å². The van der Waals surface area contributed by atoms with E-state index in [4.69, 9.17) is 11.6 Å². The minimum Gasteiger partial charge on any atom is -0.389 e. The lowest BCUT2D eigenvalue weighted by molar-refractivity contribution is -0.151. The number of benzene rings is 1. The van der Waals surface area contributed by atoms with E-state index in [1.807, 2.05) is 0 Å². The van der Waals surface area contributed by atoms with Crippen molar-refractivity contribution in [2.24, 2.45) is 11.8 Å². The maximum Gasteiger partial charge on any atom is 0.146 e. The van der Waals surface area contributed by atoms with Crippen molar-refractivity contribution in [3.05, 3.63) is 34.9 Å². The molecule has 1 fully saturated rings. The van der Waals surface area contributed by atoms with Gasteiger partial charge < -0.3 is 5.11 Å². The summed E-state index contributed by atoms with van der Waals surface area (Å²) < 4.78 is 0. The van der Waals surface area contributed by atoms with E-state index < -0.39 is 23.4 Å². The second-order valence-corrected chi connectivity index (χ2v) is 6.69. The Balaban J connectivity index is 2.61. The van der Waals surface area contributed by atoms with Crippen LogP contribution in [-0.2, 0) is 14.4 Å². The van der Waals surface area contributed by atoms with Crippen LogP contribution in [0.4, 0.5) is 0 Å². The van der Waals surface area contributed by atoms with Gasteiger partial charge in [-0.1, -0.05) is 23.7 Å². The molecule has 1 aliphatic carbocycles. The summed E-state index contributed by atoms with van der Waals surface area (Å²) in [4.78, 5) is 36.5. The van der Waals surface area contributed by atoms with Crippen molar-refractivity contribution in [1.29, 1.82) is 0 Å². The molecule has 2 rings (SSSR count). The Hall–Kier alpha value is -1.52. The lowest BCUT2D eigenvalue weighted by atomic mass is 9.60. The first-order valence-corrected chi connectivity index (χ1v) is 7.54. The van der Waals surface area contributed by atoms with Gasteiger partial charge in [0.25, 0.3) is 0 Å². The van der Waals surface area contributed by atoms with Crippen LogP contribution in [0, 0.1) is 11.8 Å². The lowest BCUT2D eigenvalue weighted by Crippen LogP contribution is -2.53. The predicted molar refractivity (Wildman–Crippen MR) is 82.8 cm³/mol. The highest BCUT2D eigenvalue weighted by Crippen LogP contribution is 2.46. The van der Waals surface area contributed by atoms with Crippen LogP contribution >= 0.6 is 11.6 Å². The number of aliphatic hydroxyl groups is 1. The Kier molecular flexibility index (Phi) is 4.54. The molecule has 0 amide bonds. The van der Waals surface area contributed by atoms with Gasteiger partial charge in [0.1, 0.15) is 17.3 Å². The van der Waals surface area contributed by atoms with Crippen LogP contribution < -0.4 is 0 Å². The van der Waals surface area contributed by atoms with Crippen LogP contribution in [-0.4, -0.2) is 28.1 Å². The Morgan fingerprint density at radius 3 is 2.18 bits per heavy atom. The van der Waals surface area contributed by atoms with E-state index in [1.165, 1.54) is 20.8 Å². The second-order valence-electron chi connectivity index (χ2n) is 6.25. The fourth-order valence-corrected chi connectivity index (χ4v) is 3.72. The van der Waals surface area contributed by atoms with Crippen molar-refractivity contribution in [2.75, 3.05) is 0 Å². The molecule has 4 atom stereocenters. The zero-order valence-electron chi connectivity index (χ0n) is 12.8. The molecule has 0 aromatic heterocycles. The summed E-state index contributed by atoms with van der Waals surface area (Å²) in [6.45, 7) is 4.22. The number of Topliss-reactive ketones (excluding diaryl/α,β-unsaturated/α-hetero) is 3. The maximum absolute atomic E-state index is 12.4. The van der Waals surface area contributed by atoms with Crippen LogP contribution in [0.25, 0.3) is 0 Å². The number of carbonyl (C=O) groups excluding carboxylic acids is 3. The monoisotopic (exact) mass is 322 g/mol. The van der Waals surface area contributed by atoms with Crippen LogP contribution in [0.2, 0.25) is 5.02 Å². The van der Waals surface area contributed by atoms with E-state index in [0.29, 0.717) is 10.6 Å². The second kappa shape index (κ2) is 5.94. The molecule has 1 aromatic rings. The highest BCUT2D eigenvalue weighted by Gasteiger charge is 2.53. The van der Waals surface area contributed by atoms with Gasteiger partial charge in [-0.15, -0.1) is 0 Å². The minimum absolute atomic E-state index is 0.189. The predicted octanol–water partition coefficient (Wildman–Crippen LogP) is 2.56. The molecule has 0 aliphatic heterocycles. The lowest BCUT2D eigenvalue weighted by Gasteiger charge is -2.44. The molecule has 4 nitrogen and oxygen atoms in total. The Bertz CT molecular complexity index is 618. The molecule has 118 valence electrons. The molecule has 22 heavy (non-hydrogen) atoms. The third kappa shape index (κ3) is 2.99. The summed E-state index contributed by atoms with van der Waals surface area (Å²) in [6, 6.07) is 6.71. The van der Waals surface area contributed by atoms with Crippen molar-refractivity contribution in [1.82, 2.24) is 0 Å². The number of rotatable bonds is 3. The maximum atomic E-state index is 12.4. The van der Waals surface area contributed by atoms with Gasteiger partial charge >= 0.3 is 0 Å². The summed E-state index contributed by atoms with van der Waals surface area (Å²) in [5, 5.41) is 11.1. The van der Waals surface area contributed by atoms with Crippen molar-refractivity contribution < 1.29 is 19.5 Å². The van der Waals surface area contributed by atoms with Gasteiger partial charge in [0.05, 0.1) is 17.4 Å². The molecule has 0 radical (unpaired) electrons. The highest BCUT2D eigenvalue weighted by molar-refractivity contribution is 6.30. The molecular weight excluding hydrogens is 304 g/mol. The first-order chi connectivity index (χ1) is 10.1. The van der Waals surface area contributed by atoms with E-state index in [0.717, 1.165) is 0 Å². The third-order valence-electron chi connectivity index (χ3n) is 4.40. The van der Waals surface area contributed by atoms with Gasteiger partial charge in [-0.25, -0.2) is 0 Å². The largest absolute Gasteiger partial charge is 0.389 e. The van der Waals surface area contributed by atoms with Crippen molar-refractivity contribution in [3.8, 4) is 0 Å². The van der Waals surface area contributed by atoms with Gasteiger partial charge in [0, 0.05) is 17.4 Å². The molecule has 0 heterocycles. The SMILES string of the molecule is CC(=O)[C@@H]1C(=O)C[C@](C)(O)[C@H](C(C)=O)[C@H]1c1ccc(Cl)cc1. The number of ketones is 3. The molecule has 0 bridgehead atoms. The zero-order chi connectivity index (χ0) is 16.7.